The third-order valence-electron chi connectivity index (χ3n) is 5.01. The van der Waals surface area contributed by atoms with Crippen molar-refractivity contribution in [3.63, 3.8) is 0 Å². The molecule has 1 aliphatic heterocycles. The van der Waals surface area contributed by atoms with Gasteiger partial charge in [0.15, 0.2) is 0 Å². The predicted octanol–water partition coefficient (Wildman–Crippen LogP) is 2.01. The Morgan fingerprint density at radius 2 is 1.74 bits per heavy atom. The molecule has 0 unspecified atom stereocenters. The van der Waals surface area contributed by atoms with Crippen molar-refractivity contribution in [3.8, 4) is 11.3 Å². The van der Waals surface area contributed by atoms with Crippen molar-refractivity contribution in [2.45, 2.75) is 25.9 Å². The van der Waals surface area contributed by atoms with E-state index in [0.717, 1.165) is 49.4 Å². The van der Waals surface area contributed by atoms with Crippen molar-refractivity contribution in [3.05, 3.63) is 71.3 Å². The fourth-order valence-corrected chi connectivity index (χ4v) is 3.47. The average Bonchev–Trinajstić information content (AvgIpc) is 2.72. The van der Waals surface area contributed by atoms with Gasteiger partial charge >= 0.3 is 0 Å². The van der Waals surface area contributed by atoms with Crippen LogP contribution in [0, 0.1) is 5.92 Å². The zero-order valence-electron chi connectivity index (χ0n) is 15.1. The standard InChI is InChI=1S/C20H22N6O/c27-20-2-1-19(17-3-8-21-9-4-17)24-26(20)13-16-6-11-25(12-7-16)14-18-5-10-22-15-23-18/h1-5,8-10,15-16H,6-7,11-14H2. The molecule has 0 aromatic carbocycles. The molecule has 4 rings (SSSR count). The van der Waals surface area contributed by atoms with Crippen molar-refractivity contribution < 1.29 is 0 Å². The summed E-state index contributed by atoms with van der Waals surface area (Å²) in [6, 6.07) is 9.15. The number of nitrogens with zero attached hydrogens (tertiary/aromatic N) is 6. The number of hydrogen-bond donors (Lipinski definition) is 0. The highest BCUT2D eigenvalue weighted by atomic mass is 16.1. The molecule has 138 valence electrons. The highest BCUT2D eigenvalue weighted by molar-refractivity contribution is 5.56. The lowest BCUT2D eigenvalue weighted by Crippen LogP contribution is -2.36. The van der Waals surface area contributed by atoms with Crippen LogP contribution in [-0.2, 0) is 13.1 Å². The molecule has 7 nitrogen and oxygen atoms in total. The van der Waals surface area contributed by atoms with Crippen molar-refractivity contribution in [2.24, 2.45) is 5.92 Å². The first-order chi connectivity index (χ1) is 13.3. The van der Waals surface area contributed by atoms with Gasteiger partial charge in [-0.05, 0) is 56.1 Å². The zero-order valence-corrected chi connectivity index (χ0v) is 15.1. The largest absolute Gasteiger partial charge is 0.297 e. The highest BCUT2D eigenvalue weighted by Crippen LogP contribution is 2.20. The number of hydrogen-bond acceptors (Lipinski definition) is 6. The number of aromatic nitrogens is 5. The first-order valence-electron chi connectivity index (χ1n) is 9.24. The van der Waals surface area contributed by atoms with E-state index in [1.54, 1.807) is 41.7 Å². The number of pyridine rings is 1. The minimum Gasteiger partial charge on any atom is -0.297 e. The van der Waals surface area contributed by atoms with Crippen LogP contribution in [0.1, 0.15) is 18.5 Å². The molecule has 0 N–H and O–H groups in total. The summed E-state index contributed by atoms with van der Waals surface area (Å²) in [5, 5.41) is 4.57. The van der Waals surface area contributed by atoms with E-state index in [0.29, 0.717) is 12.5 Å². The average molecular weight is 362 g/mol. The van der Waals surface area contributed by atoms with Crippen LogP contribution < -0.4 is 5.56 Å². The molecule has 0 bridgehead atoms. The van der Waals surface area contributed by atoms with E-state index in [-0.39, 0.29) is 5.56 Å². The maximum Gasteiger partial charge on any atom is 0.266 e. The molecule has 27 heavy (non-hydrogen) atoms. The van der Waals surface area contributed by atoms with Gasteiger partial charge in [-0.2, -0.15) is 5.10 Å². The summed E-state index contributed by atoms with van der Waals surface area (Å²) in [7, 11) is 0. The molecule has 7 heteroatoms. The van der Waals surface area contributed by atoms with E-state index in [9.17, 15) is 4.79 Å². The minimum absolute atomic E-state index is 0.0452. The van der Waals surface area contributed by atoms with Crippen LogP contribution in [0.4, 0.5) is 0 Å². The van der Waals surface area contributed by atoms with Crippen LogP contribution in [0.3, 0.4) is 0 Å². The van der Waals surface area contributed by atoms with E-state index >= 15 is 0 Å². The summed E-state index contributed by atoms with van der Waals surface area (Å²) in [6.45, 7) is 3.53. The van der Waals surface area contributed by atoms with Crippen molar-refractivity contribution in [1.29, 1.82) is 0 Å². The van der Waals surface area contributed by atoms with Crippen LogP contribution >= 0.6 is 0 Å². The lowest BCUT2D eigenvalue weighted by Gasteiger charge is -2.31. The molecular formula is C20H22N6O. The second kappa shape index (κ2) is 8.18. The summed E-state index contributed by atoms with van der Waals surface area (Å²) >= 11 is 0. The fraction of sp³-hybridized carbons (Fsp3) is 0.350. The van der Waals surface area contributed by atoms with Crippen LogP contribution in [0.25, 0.3) is 11.3 Å². The zero-order chi connectivity index (χ0) is 18.5. The number of rotatable bonds is 5. The summed E-state index contributed by atoms with van der Waals surface area (Å²) < 4.78 is 1.61. The van der Waals surface area contributed by atoms with E-state index < -0.39 is 0 Å². The van der Waals surface area contributed by atoms with Gasteiger partial charge in [-0.3, -0.25) is 14.7 Å². The van der Waals surface area contributed by atoms with Crippen LogP contribution in [0.15, 0.2) is 60.0 Å². The summed E-state index contributed by atoms with van der Waals surface area (Å²) in [5.74, 6) is 0.463. The van der Waals surface area contributed by atoms with Gasteiger partial charge in [0.2, 0.25) is 0 Å². The van der Waals surface area contributed by atoms with Gasteiger partial charge < -0.3 is 0 Å². The molecule has 4 heterocycles. The van der Waals surface area contributed by atoms with Gasteiger partial charge in [0.25, 0.3) is 5.56 Å². The van der Waals surface area contributed by atoms with Crippen LogP contribution in [0.5, 0.6) is 0 Å². The molecule has 0 radical (unpaired) electrons. The first kappa shape index (κ1) is 17.5. The third-order valence-corrected chi connectivity index (χ3v) is 5.01. The summed E-state index contributed by atoms with van der Waals surface area (Å²) in [6.07, 6.45) is 8.95. The summed E-state index contributed by atoms with van der Waals surface area (Å²) in [4.78, 5) is 26.9. The van der Waals surface area contributed by atoms with E-state index in [1.807, 2.05) is 18.2 Å². The molecule has 1 aliphatic rings. The molecule has 1 saturated heterocycles. The van der Waals surface area contributed by atoms with E-state index in [4.69, 9.17) is 0 Å². The lowest BCUT2D eigenvalue weighted by atomic mass is 9.96. The van der Waals surface area contributed by atoms with Gasteiger partial charge in [0.1, 0.15) is 6.33 Å². The molecule has 0 saturated carbocycles. The molecule has 3 aromatic heterocycles. The van der Waals surface area contributed by atoms with Gasteiger partial charge in [-0.1, -0.05) is 0 Å². The van der Waals surface area contributed by atoms with Crippen LogP contribution in [-0.4, -0.2) is 42.7 Å². The predicted molar refractivity (Wildman–Crippen MR) is 102 cm³/mol. The van der Waals surface area contributed by atoms with Gasteiger partial charge in [-0.25, -0.2) is 14.6 Å². The molecule has 0 atom stereocenters. The van der Waals surface area contributed by atoms with Crippen molar-refractivity contribution >= 4 is 0 Å². The Balaban J connectivity index is 1.38. The monoisotopic (exact) mass is 362 g/mol. The number of likely N-dealkylation sites (tertiary alicyclic amines) is 1. The fourth-order valence-electron chi connectivity index (χ4n) is 3.47. The van der Waals surface area contributed by atoms with Gasteiger partial charge in [0.05, 0.1) is 11.4 Å². The summed E-state index contributed by atoms with van der Waals surface area (Å²) in [5.41, 5.74) is 2.78. The van der Waals surface area contributed by atoms with Crippen LogP contribution in [0.2, 0.25) is 0 Å². The molecule has 3 aromatic rings. The second-order valence-corrected chi connectivity index (χ2v) is 6.90. The lowest BCUT2D eigenvalue weighted by molar-refractivity contribution is 0.162. The smallest absolute Gasteiger partial charge is 0.266 e. The Morgan fingerprint density at radius 1 is 0.963 bits per heavy atom. The van der Waals surface area contributed by atoms with Gasteiger partial charge in [0, 0.05) is 43.3 Å². The Kier molecular flexibility index (Phi) is 5.29. The molecule has 0 aliphatic carbocycles. The second-order valence-electron chi connectivity index (χ2n) is 6.90. The minimum atomic E-state index is -0.0452. The molecule has 0 spiro atoms. The molecule has 1 fully saturated rings. The Labute approximate surface area is 157 Å². The first-order valence-corrected chi connectivity index (χ1v) is 9.24. The third kappa shape index (κ3) is 4.43. The van der Waals surface area contributed by atoms with E-state index in [2.05, 4.69) is 25.0 Å². The SMILES string of the molecule is O=c1ccc(-c2ccncc2)nn1CC1CCN(Cc2ccncn2)CC1. The maximum absolute atomic E-state index is 12.2. The van der Waals surface area contributed by atoms with Crippen molar-refractivity contribution in [2.75, 3.05) is 13.1 Å². The topological polar surface area (TPSA) is 76.8 Å². The number of piperidine rings is 1. The quantitative estimate of drug-likeness (QED) is 0.691. The Bertz CT molecular complexity index is 920. The highest BCUT2D eigenvalue weighted by Gasteiger charge is 2.20. The molecular weight excluding hydrogens is 340 g/mol. The molecule has 0 amide bonds. The Morgan fingerprint density at radius 3 is 2.48 bits per heavy atom. The Hall–Kier alpha value is -2.93. The normalized spacial score (nSPS) is 15.7. The van der Waals surface area contributed by atoms with Gasteiger partial charge in [-0.15, -0.1) is 0 Å². The van der Waals surface area contributed by atoms with E-state index in [1.165, 1.54) is 0 Å². The maximum atomic E-state index is 12.2. The van der Waals surface area contributed by atoms with Crippen molar-refractivity contribution in [1.82, 2.24) is 29.6 Å².